The number of fused-ring (bicyclic) bond motifs is 1. The van der Waals surface area contributed by atoms with Crippen LogP contribution in [0.15, 0.2) is 32.7 Å². The molecular weight excluding hydrogens is 356 g/mol. The van der Waals surface area contributed by atoms with E-state index in [4.69, 9.17) is 17.2 Å². The van der Waals surface area contributed by atoms with Crippen LogP contribution in [0.5, 0.6) is 0 Å². The molecule has 0 bridgehead atoms. The van der Waals surface area contributed by atoms with E-state index in [2.05, 4.69) is 31.2 Å². The van der Waals surface area contributed by atoms with Gasteiger partial charge in [-0.2, -0.15) is 0 Å². The maximum atomic E-state index is 11.6. The summed E-state index contributed by atoms with van der Waals surface area (Å²) in [5.74, 6) is 0.388. The number of benzene rings is 1. The molecule has 0 fully saturated rings. The Bertz CT molecular complexity index is 733. The number of amides is 1. The van der Waals surface area contributed by atoms with E-state index in [0.29, 0.717) is 22.5 Å². The molecule has 7 N–H and O–H groups in total. The predicted octanol–water partition coefficient (Wildman–Crippen LogP) is 1.51. The molecule has 1 aromatic carbocycles. The minimum absolute atomic E-state index is 0.219. The average Bonchev–Trinajstić information content (AvgIpc) is 2.65. The van der Waals surface area contributed by atoms with Crippen LogP contribution in [0.4, 0.5) is 17.3 Å². The Kier molecular flexibility index (Phi) is 3.47. The molecule has 1 aliphatic rings. The molecule has 1 amide bonds. The van der Waals surface area contributed by atoms with Crippen molar-refractivity contribution in [3.8, 4) is 0 Å². The largest absolute Gasteiger partial charge is 0.383 e. The molecule has 0 saturated heterocycles. The van der Waals surface area contributed by atoms with Gasteiger partial charge in [0.15, 0.2) is 5.16 Å². The smallest absolute Gasteiger partial charge is 0.245 e. The first-order chi connectivity index (χ1) is 9.94. The Labute approximate surface area is 132 Å². The van der Waals surface area contributed by atoms with E-state index in [-0.39, 0.29) is 5.91 Å². The third-order valence-electron chi connectivity index (χ3n) is 2.93. The molecular formula is C12H11BrN6OS. The molecule has 1 aliphatic heterocycles. The second-order valence-corrected chi connectivity index (χ2v) is 6.30. The Balaban J connectivity index is 1.97. The lowest BCUT2D eigenvalue weighted by Crippen LogP contribution is -2.19. The summed E-state index contributed by atoms with van der Waals surface area (Å²) in [7, 11) is 0. The van der Waals surface area contributed by atoms with Gasteiger partial charge in [0.25, 0.3) is 0 Å². The number of rotatable bonds is 2. The number of hydrogen-bond acceptors (Lipinski definition) is 7. The van der Waals surface area contributed by atoms with E-state index in [1.54, 1.807) is 0 Å². The second kappa shape index (κ2) is 5.17. The fourth-order valence-electron chi connectivity index (χ4n) is 1.97. The first kappa shape index (κ1) is 14.1. The molecule has 1 aromatic heterocycles. The number of hydrogen-bond donors (Lipinski definition) is 4. The van der Waals surface area contributed by atoms with Crippen LogP contribution in [0.3, 0.4) is 0 Å². The quantitative estimate of drug-likeness (QED) is 0.591. The Morgan fingerprint density at radius 3 is 2.52 bits per heavy atom. The van der Waals surface area contributed by atoms with Crippen LogP contribution >= 0.6 is 27.7 Å². The van der Waals surface area contributed by atoms with Crippen LogP contribution in [-0.4, -0.2) is 15.9 Å². The molecule has 7 nitrogen and oxygen atoms in total. The fourth-order valence-corrected chi connectivity index (χ4v) is 3.41. The van der Waals surface area contributed by atoms with Crippen LogP contribution in [0.25, 0.3) is 0 Å². The summed E-state index contributed by atoms with van der Waals surface area (Å²) in [6, 6.07) is 4.48. The van der Waals surface area contributed by atoms with Gasteiger partial charge in [-0.1, -0.05) is 0 Å². The third kappa shape index (κ3) is 2.67. The summed E-state index contributed by atoms with van der Waals surface area (Å²) >= 11 is 4.75. The van der Waals surface area contributed by atoms with Gasteiger partial charge in [0.2, 0.25) is 5.91 Å². The predicted molar refractivity (Wildman–Crippen MR) is 84.7 cm³/mol. The number of halogens is 1. The maximum Gasteiger partial charge on any atom is 0.245 e. The topological polar surface area (TPSA) is 133 Å². The Morgan fingerprint density at radius 2 is 1.86 bits per heavy atom. The summed E-state index contributed by atoms with van der Waals surface area (Å²) < 4.78 is 0.794. The lowest BCUT2D eigenvalue weighted by atomic mass is 10.1. The fraction of sp³-hybridized carbons (Fsp3) is 0.0833. The van der Waals surface area contributed by atoms with Gasteiger partial charge in [-0.15, -0.1) is 0 Å². The van der Waals surface area contributed by atoms with Gasteiger partial charge in [-0.3, -0.25) is 4.79 Å². The van der Waals surface area contributed by atoms with E-state index in [1.807, 2.05) is 12.1 Å². The normalized spacial score (nSPS) is 16.7. The van der Waals surface area contributed by atoms with Crippen LogP contribution in [0.1, 0.15) is 11.6 Å². The molecule has 0 aliphatic carbocycles. The molecule has 2 aromatic rings. The summed E-state index contributed by atoms with van der Waals surface area (Å²) in [6.07, 6.45) is 0. The van der Waals surface area contributed by atoms with Crippen molar-refractivity contribution in [1.82, 2.24) is 9.97 Å². The Morgan fingerprint density at radius 1 is 1.19 bits per heavy atom. The van der Waals surface area contributed by atoms with E-state index < -0.39 is 6.04 Å². The number of anilines is 3. The maximum absolute atomic E-state index is 11.6. The number of carbonyl (C=O) groups is 1. The average molecular weight is 367 g/mol. The molecule has 0 spiro atoms. The minimum atomic E-state index is -0.644. The van der Waals surface area contributed by atoms with Gasteiger partial charge in [0.05, 0.1) is 0 Å². The molecule has 3 rings (SSSR count). The summed E-state index contributed by atoms with van der Waals surface area (Å²) in [5.41, 5.74) is 18.5. The van der Waals surface area contributed by atoms with E-state index in [1.165, 1.54) is 17.8 Å². The monoisotopic (exact) mass is 366 g/mol. The van der Waals surface area contributed by atoms with Crippen LogP contribution in [-0.2, 0) is 4.79 Å². The van der Waals surface area contributed by atoms with Crippen molar-refractivity contribution in [2.45, 2.75) is 16.1 Å². The van der Waals surface area contributed by atoms with Crippen molar-refractivity contribution in [3.05, 3.63) is 28.2 Å². The standard InChI is InChI=1S/C12H11BrN6OS/c13-5-1-4-6(17-11(20)10(4)16)2-7(5)21-12-18-8(14)3-9(15)19-12/h1-3,10H,16H2,(H,17,20)(H4,14,15,18,19). The first-order valence-electron chi connectivity index (χ1n) is 5.92. The zero-order valence-electron chi connectivity index (χ0n) is 10.6. The second-order valence-electron chi connectivity index (χ2n) is 4.44. The summed E-state index contributed by atoms with van der Waals surface area (Å²) in [6.45, 7) is 0. The highest BCUT2D eigenvalue weighted by molar-refractivity contribution is 9.10. The van der Waals surface area contributed by atoms with Crippen LogP contribution < -0.4 is 22.5 Å². The van der Waals surface area contributed by atoms with E-state index in [0.717, 1.165) is 14.9 Å². The van der Waals surface area contributed by atoms with Crippen molar-refractivity contribution < 1.29 is 4.79 Å². The van der Waals surface area contributed by atoms with E-state index in [9.17, 15) is 4.79 Å². The number of nitrogens with two attached hydrogens (primary N) is 3. The van der Waals surface area contributed by atoms with Gasteiger partial charge in [0.1, 0.15) is 17.7 Å². The van der Waals surface area contributed by atoms with Crippen LogP contribution in [0.2, 0.25) is 0 Å². The van der Waals surface area contributed by atoms with Gasteiger partial charge in [0, 0.05) is 26.7 Å². The number of carbonyl (C=O) groups excluding carboxylic acids is 1. The van der Waals surface area contributed by atoms with Crippen molar-refractivity contribution in [2.75, 3.05) is 16.8 Å². The molecule has 0 saturated carbocycles. The highest BCUT2D eigenvalue weighted by Gasteiger charge is 2.28. The minimum Gasteiger partial charge on any atom is -0.383 e. The molecule has 0 radical (unpaired) electrons. The number of nitrogens with one attached hydrogen (secondary N) is 1. The SMILES string of the molecule is Nc1cc(N)nc(Sc2cc3c(cc2Br)C(N)C(=O)N3)n1. The molecule has 21 heavy (non-hydrogen) atoms. The third-order valence-corrected chi connectivity index (χ3v) is 4.77. The summed E-state index contributed by atoms with van der Waals surface area (Å²) in [5, 5.41) is 3.17. The van der Waals surface area contributed by atoms with Crippen molar-refractivity contribution in [3.63, 3.8) is 0 Å². The van der Waals surface area contributed by atoms with Crippen molar-refractivity contribution in [1.29, 1.82) is 0 Å². The zero-order valence-corrected chi connectivity index (χ0v) is 13.0. The Hall–Kier alpha value is -1.84. The van der Waals surface area contributed by atoms with Gasteiger partial charge in [-0.05, 0) is 39.8 Å². The van der Waals surface area contributed by atoms with Gasteiger partial charge in [-0.25, -0.2) is 9.97 Å². The van der Waals surface area contributed by atoms with E-state index >= 15 is 0 Å². The number of aromatic nitrogens is 2. The molecule has 9 heteroatoms. The lowest BCUT2D eigenvalue weighted by molar-refractivity contribution is -0.116. The molecule has 1 atom stereocenters. The molecule has 108 valence electrons. The lowest BCUT2D eigenvalue weighted by Gasteiger charge is -2.08. The molecule has 2 heterocycles. The number of nitrogen functional groups attached to an aromatic ring is 2. The summed E-state index contributed by atoms with van der Waals surface area (Å²) in [4.78, 5) is 20.6. The zero-order chi connectivity index (χ0) is 15.1. The van der Waals surface area contributed by atoms with Crippen LogP contribution in [0, 0.1) is 0 Å². The highest BCUT2D eigenvalue weighted by Crippen LogP contribution is 2.40. The van der Waals surface area contributed by atoms with Gasteiger partial charge < -0.3 is 22.5 Å². The van der Waals surface area contributed by atoms with Gasteiger partial charge >= 0.3 is 0 Å². The first-order valence-corrected chi connectivity index (χ1v) is 7.53. The van der Waals surface area contributed by atoms with Crippen molar-refractivity contribution >= 4 is 50.9 Å². The molecule has 1 unspecified atom stereocenters. The number of nitrogens with zero attached hydrogens (tertiary/aromatic N) is 2. The van der Waals surface area contributed by atoms with Crippen molar-refractivity contribution in [2.24, 2.45) is 5.73 Å². The highest BCUT2D eigenvalue weighted by atomic mass is 79.9.